The molecule has 1 aliphatic heterocycles. The average Bonchev–Trinajstić information content (AvgIpc) is 3.83. The number of hydrogen-bond acceptors (Lipinski definition) is 10. The molecule has 2 aliphatic carbocycles. The van der Waals surface area contributed by atoms with Crippen LogP contribution in [-0.2, 0) is 48.2 Å². The number of hydrogen-bond donors (Lipinski definition) is 1. The third kappa shape index (κ3) is 5.35. The minimum atomic E-state index is -1.48. The number of aryl methyl sites for hydroxylation is 2. The van der Waals surface area contributed by atoms with Gasteiger partial charge in [-0.15, -0.1) is 0 Å². The second-order valence-corrected chi connectivity index (χ2v) is 14.8. The molecule has 3 aromatic heterocycles. The van der Waals surface area contributed by atoms with E-state index in [2.05, 4.69) is 4.98 Å². The van der Waals surface area contributed by atoms with Gasteiger partial charge in [0.05, 0.1) is 49.2 Å². The number of ketones is 2. The summed E-state index contributed by atoms with van der Waals surface area (Å²) in [7, 11) is 4.61. The van der Waals surface area contributed by atoms with Crippen molar-refractivity contribution in [2.45, 2.75) is 49.9 Å². The minimum absolute atomic E-state index is 0.00261. The summed E-state index contributed by atoms with van der Waals surface area (Å²) in [5, 5.41) is 10.1. The van der Waals surface area contributed by atoms with Gasteiger partial charge in [0.2, 0.25) is 0 Å². The van der Waals surface area contributed by atoms with E-state index in [1.54, 1.807) is 55.6 Å². The monoisotopic (exact) mass is 781 g/mol. The third-order valence-electron chi connectivity index (χ3n) is 12.1. The molecule has 3 aliphatic rings. The molecule has 9 rings (SSSR count). The number of aliphatic hydroxyl groups is 1. The molecule has 4 unspecified atom stereocenters. The summed E-state index contributed by atoms with van der Waals surface area (Å²) < 4.78 is 22.3. The lowest BCUT2D eigenvalue weighted by molar-refractivity contribution is -0.133. The third-order valence-corrected chi connectivity index (χ3v) is 12.1. The summed E-state index contributed by atoms with van der Waals surface area (Å²) >= 11 is 0. The first-order valence-corrected chi connectivity index (χ1v) is 19.0. The molecule has 0 amide bonds. The van der Waals surface area contributed by atoms with Crippen LogP contribution in [0.2, 0.25) is 0 Å². The maximum absolute atomic E-state index is 15.1. The van der Waals surface area contributed by atoms with E-state index in [4.69, 9.17) is 13.9 Å². The standard InChI is InChI=1S/C44H39N5O9/c1-46-34-23-37(57-3)36(56-2)22-32(34)45-31(41(46)53)17-18-47-42(54)48-19-16-28-33(49(48)43(47)55)21-30-40(52)29(25-10-6-4-7-11-25)20-38(51)44(30,26-12-8-5-9-13-26)39(28)35-15-14-27(24-50)58-35/h4-16,20,22-23,30,33,39,50H,17-19,21,24H2,1-3H3. The van der Waals surface area contributed by atoms with Crippen molar-refractivity contribution in [2.24, 2.45) is 13.0 Å². The number of fused-ring (bicyclic) bond motifs is 5. The largest absolute Gasteiger partial charge is 0.493 e. The number of rotatable bonds is 9. The van der Waals surface area contributed by atoms with Crippen molar-refractivity contribution in [3.8, 4) is 11.5 Å². The number of carbonyl (C=O) groups excluding carboxylic acids is 2. The van der Waals surface area contributed by atoms with Gasteiger partial charge in [-0.05, 0) is 41.3 Å². The molecule has 4 heterocycles. The molecule has 0 bridgehead atoms. The van der Waals surface area contributed by atoms with Gasteiger partial charge in [0, 0.05) is 43.6 Å². The first-order valence-electron chi connectivity index (χ1n) is 19.0. The molecule has 0 saturated heterocycles. The van der Waals surface area contributed by atoms with Crippen molar-refractivity contribution in [1.82, 2.24) is 23.5 Å². The molecule has 58 heavy (non-hydrogen) atoms. The molecule has 4 atom stereocenters. The van der Waals surface area contributed by atoms with E-state index in [0.29, 0.717) is 45.0 Å². The van der Waals surface area contributed by atoms with Gasteiger partial charge < -0.3 is 23.6 Å². The van der Waals surface area contributed by atoms with E-state index >= 15 is 9.59 Å². The number of nitrogens with zero attached hydrogens (tertiary/aromatic N) is 5. The van der Waals surface area contributed by atoms with Crippen LogP contribution in [0, 0.1) is 5.92 Å². The number of aromatic nitrogens is 5. The fraction of sp³-hybridized carbons (Fsp3) is 0.273. The summed E-state index contributed by atoms with van der Waals surface area (Å²) in [5.74, 6) is -0.951. The Balaban J connectivity index is 1.17. The highest BCUT2D eigenvalue weighted by molar-refractivity contribution is 6.31. The maximum Gasteiger partial charge on any atom is 0.347 e. The summed E-state index contributed by atoms with van der Waals surface area (Å²) in [5.41, 5.74) is 0.169. The van der Waals surface area contributed by atoms with Gasteiger partial charge in [-0.1, -0.05) is 66.7 Å². The molecule has 0 radical (unpaired) electrons. The quantitative estimate of drug-likeness (QED) is 0.213. The smallest absolute Gasteiger partial charge is 0.347 e. The predicted octanol–water partition coefficient (Wildman–Crippen LogP) is 3.86. The van der Waals surface area contributed by atoms with E-state index in [-0.39, 0.29) is 61.1 Å². The lowest BCUT2D eigenvalue weighted by Gasteiger charge is -2.53. The minimum Gasteiger partial charge on any atom is -0.493 e. The number of allylic oxidation sites excluding steroid dienone is 4. The van der Waals surface area contributed by atoms with Gasteiger partial charge in [0.25, 0.3) is 5.56 Å². The van der Waals surface area contributed by atoms with Crippen LogP contribution >= 0.6 is 0 Å². The van der Waals surface area contributed by atoms with Crippen LogP contribution in [0.25, 0.3) is 16.6 Å². The number of methoxy groups -OCH3 is 2. The van der Waals surface area contributed by atoms with Crippen LogP contribution < -0.4 is 26.4 Å². The van der Waals surface area contributed by atoms with Crippen LogP contribution in [0.5, 0.6) is 11.5 Å². The summed E-state index contributed by atoms with van der Waals surface area (Å²) in [4.78, 5) is 77.0. The Hall–Kier alpha value is -6.80. The van der Waals surface area contributed by atoms with Gasteiger partial charge in [-0.3, -0.25) is 14.4 Å². The van der Waals surface area contributed by atoms with Crippen molar-refractivity contribution in [1.29, 1.82) is 0 Å². The lowest BCUT2D eigenvalue weighted by Crippen LogP contribution is -2.58. The number of carbonyl (C=O) groups is 2. The Morgan fingerprint density at radius 1 is 0.897 bits per heavy atom. The highest BCUT2D eigenvalue weighted by Crippen LogP contribution is 2.61. The fourth-order valence-corrected chi connectivity index (χ4v) is 9.41. The molecule has 1 fully saturated rings. The van der Waals surface area contributed by atoms with Crippen LogP contribution in [-0.4, -0.2) is 54.4 Å². The highest BCUT2D eigenvalue weighted by Gasteiger charge is 2.64. The van der Waals surface area contributed by atoms with E-state index in [1.165, 1.54) is 34.2 Å². The zero-order valence-electron chi connectivity index (χ0n) is 32.0. The van der Waals surface area contributed by atoms with Gasteiger partial charge in [0.1, 0.15) is 23.8 Å². The Bertz CT molecular complexity index is 2900. The summed E-state index contributed by atoms with van der Waals surface area (Å²) in [6, 6.07) is 24.0. The van der Waals surface area contributed by atoms with Crippen molar-refractivity contribution in [3.63, 3.8) is 0 Å². The molecule has 1 saturated carbocycles. The van der Waals surface area contributed by atoms with Gasteiger partial charge in [0.15, 0.2) is 23.1 Å². The van der Waals surface area contributed by atoms with Crippen molar-refractivity contribution >= 4 is 28.2 Å². The Kier molecular flexibility index (Phi) is 8.88. The fourth-order valence-electron chi connectivity index (χ4n) is 9.41. The van der Waals surface area contributed by atoms with Gasteiger partial charge in [-0.2, -0.15) is 0 Å². The van der Waals surface area contributed by atoms with Gasteiger partial charge >= 0.3 is 11.4 Å². The van der Waals surface area contributed by atoms with Crippen LogP contribution in [0.1, 0.15) is 46.7 Å². The Morgan fingerprint density at radius 2 is 1.60 bits per heavy atom. The average molecular weight is 782 g/mol. The first-order chi connectivity index (χ1) is 28.1. The second-order valence-electron chi connectivity index (χ2n) is 14.8. The SMILES string of the molecule is COc1cc2nc(CCn3c(=O)n4n(c3=O)C3CC5C(=O)C(c6ccccc6)=CC(=O)C5(c5ccccc5)C(c5ccc(CO)o5)C3=CC4)c(=O)n(C)c2cc1OC. The molecule has 14 heteroatoms. The maximum atomic E-state index is 15.1. The molecule has 14 nitrogen and oxygen atoms in total. The highest BCUT2D eigenvalue weighted by atomic mass is 16.5. The summed E-state index contributed by atoms with van der Waals surface area (Å²) in [6.45, 7) is -0.539. The Labute approximate surface area is 330 Å². The topological polar surface area (TPSA) is 170 Å². The number of aliphatic hydroxyl groups excluding tert-OH is 1. The van der Waals surface area contributed by atoms with Crippen LogP contribution in [0.4, 0.5) is 0 Å². The molecular weight excluding hydrogens is 743 g/mol. The number of benzene rings is 3. The van der Waals surface area contributed by atoms with Crippen molar-refractivity contribution in [2.75, 3.05) is 14.2 Å². The van der Waals surface area contributed by atoms with E-state index in [1.807, 2.05) is 42.5 Å². The molecule has 6 aromatic rings. The lowest BCUT2D eigenvalue weighted by atomic mass is 9.48. The molecular formula is C44H39N5O9. The number of Topliss-reactive ketones (excluding diaryl/α,β-unsaturated/α-hetero) is 1. The van der Waals surface area contributed by atoms with Crippen LogP contribution in [0.3, 0.4) is 0 Å². The van der Waals surface area contributed by atoms with Crippen molar-refractivity contribution in [3.05, 3.63) is 162 Å². The summed E-state index contributed by atoms with van der Waals surface area (Å²) in [6.07, 6.45) is 3.28. The Morgan fingerprint density at radius 3 is 2.29 bits per heavy atom. The number of ether oxygens (including phenoxy) is 2. The second kappa shape index (κ2) is 14.0. The number of furan rings is 1. The molecule has 1 N–H and O–H groups in total. The molecule has 3 aromatic carbocycles. The van der Waals surface area contributed by atoms with Crippen LogP contribution in [0.15, 0.2) is 121 Å². The van der Waals surface area contributed by atoms with Crippen molar-refractivity contribution < 1.29 is 28.6 Å². The van der Waals surface area contributed by atoms with Gasteiger partial charge in [-0.25, -0.2) is 28.5 Å². The molecule has 294 valence electrons. The first kappa shape index (κ1) is 36.8. The zero-order chi connectivity index (χ0) is 40.5. The van der Waals surface area contributed by atoms with E-state index < -0.39 is 40.2 Å². The zero-order valence-corrected chi connectivity index (χ0v) is 32.0. The van der Waals surface area contributed by atoms with E-state index in [9.17, 15) is 19.5 Å². The molecule has 0 spiro atoms. The predicted molar refractivity (Wildman–Crippen MR) is 212 cm³/mol. The normalized spacial score (nSPS) is 21.2. The van der Waals surface area contributed by atoms with E-state index in [0.717, 1.165) is 4.57 Å².